The minimum absolute atomic E-state index is 0.181. The van der Waals surface area contributed by atoms with Crippen LogP contribution in [0.1, 0.15) is 30.1 Å². The van der Waals surface area contributed by atoms with Crippen LogP contribution in [-0.2, 0) is 4.74 Å². The predicted octanol–water partition coefficient (Wildman–Crippen LogP) is 2.98. The van der Waals surface area contributed by atoms with Crippen molar-refractivity contribution in [3.05, 3.63) is 29.8 Å². The largest absolute Gasteiger partial charge is 0.379 e. The number of nitrogens with zero attached hydrogens (tertiary/aromatic N) is 2. The Labute approximate surface area is 149 Å². The van der Waals surface area contributed by atoms with Gasteiger partial charge >= 0.3 is 0 Å². The summed E-state index contributed by atoms with van der Waals surface area (Å²) in [4.78, 5) is 18.4. The Hall–Kier alpha value is -1.04. The summed E-state index contributed by atoms with van der Waals surface area (Å²) in [6, 6.07) is 8.57. The summed E-state index contributed by atoms with van der Waals surface area (Å²) in [6.07, 6.45) is 4.26. The number of hydrogen-bond donors (Lipinski definition) is 0. The molecule has 0 N–H and O–H groups in total. The number of likely N-dealkylation sites (tertiary alicyclic amines) is 1. The summed E-state index contributed by atoms with van der Waals surface area (Å²) in [5.74, 6) is 0.867. The van der Waals surface area contributed by atoms with Crippen molar-refractivity contribution in [3.8, 4) is 0 Å². The molecule has 4 nitrogen and oxygen atoms in total. The standard InChI is InChI=1S/C19H28N2O2S/c1-15(20-11-13-23-14-12-20)16-7-9-21(10-8-16)19(22)17-3-5-18(24-2)6-4-17/h3-6,15-16H,7-14H2,1-2H3. The Balaban J connectivity index is 1.53. The number of ether oxygens (including phenoxy) is 1. The maximum absolute atomic E-state index is 12.7. The third-order valence-corrected chi connectivity index (χ3v) is 6.21. The average molecular weight is 349 g/mol. The molecule has 1 aromatic rings. The number of thioether (sulfide) groups is 1. The average Bonchev–Trinajstić information content (AvgIpc) is 2.68. The summed E-state index contributed by atoms with van der Waals surface area (Å²) in [7, 11) is 0. The zero-order valence-electron chi connectivity index (χ0n) is 14.7. The van der Waals surface area contributed by atoms with Gasteiger partial charge in [-0.05, 0) is 56.2 Å². The van der Waals surface area contributed by atoms with Crippen LogP contribution in [0.2, 0.25) is 0 Å². The van der Waals surface area contributed by atoms with Crippen LogP contribution in [-0.4, -0.2) is 67.4 Å². The topological polar surface area (TPSA) is 32.8 Å². The molecular weight excluding hydrogens is 320 g/mol. The lowest BCUT2D eigenvalue weighted by Gasteiger charge is -2.41. The SMILES string of the molecule is CSc1ccc(C(=O)N2CCC(C(C)N3CCOCC3)CC2)cc1. The fourth-order valence-electron chi connectivity index (χ4n) is 3.78. The predicted molar refractivity (Wildman–Crippen MR) is 98.7 cm³/mol. The van der Waals surface area contributed by atoms with Gasteiger partial charge in [-0.3, -0.25) is 9.69 Å². The lowest BCUT2D eigenvalue weighted by Crippen LogP contribution is -2.49. The van der Waals surface area contributed by atoms with Crippen molar-refractivity contribution in [3.63, 3.8) is 0 Å². The van der Waals surface area contributed by atoms with Gasteiger partial charge in [-0.15, -0.1) is 11.8 Å². The number of benzene rings is 1. The van der Waals surface area contributed by atoms with Gasteiger partial charge in [0.2, 0.25) is 0 Å². The van der Waals surface area contributed by atoms with Gasteiger partial charge in [0.15, 0.2) is 0 Å². The minimum atomic E-state index is 0.181. The number of morpholine rings is 1. The van der Waals surface area contributed by atoms with Crippen molar-refractivity contribution >= 4 is 17.7 Å². The van der Waals surface area contributed by atoms with Crippen LogP contribution in [0.15, 0.2) is 29.2 Å². The van der Waals surface area contributed by atoms with E-state index < -0.39 is 0 Å². The first-order chi connectivity index (χ1) is 11.7. The molecule has 2 aliphatic rings. The van der Waals surface area contributed by atoms with Gasteiger partial charge in [0.25, 0.3) is 5.91 Å². The second-order valence-electron chi connectivity index (χ2n) is 6.75. The molecule has 0 aliphatic carbocycles. The molecule has 24 heavy (non-hydrogen) atoms. The smallest absolute Gasteiger partial charge is 0.253 e. The van der Waals surface area contributed by atoms with E-state index in [1.54, 1.807) is 11.8 Å². The monoisotopic (exact) mass is 348 g/mol. The first-order valence-electron chi connectivity index (χ1n) is 8.94. The molecule has 2 saturated heterocycles. The second kappa shape index (κ2) is 8.37. The number of carbonyl (C=O) groups excluding carboxylic acids is 1. The molecule has 0 spiro atoms. The van der Waals surface area contributed by atoms with Gasteiger partial charge in [-0.2, -0.15) is 0 Å². The van der Waals surface area contributed by atoms with Gasteiger partial charge < -0.3 is 9.64 Å². The molecule has 5 heteroatoms. The molecule has 1 atom stereocenters. The minimum Gasteiger partial charge on any atom is -0.379 e. The van der Waals surface area contributed by atoms with E-state index in [4.69, 9.17) is 4.74 Å². The van der Waals surface area contributed by atoms with Crippen molar-refractivity contribution in [2.24, 2.45) is 5.92 Å². The van der Waals surface area contributed by atoms with Crippen LogP contribution >= 0.6 is 11.8 Å². The maximum atomic E-state index is 12.7. The van der Waals surface area contributed by atoms with Gasteiger partial charge in [0.05, 0.1) is 13.2 Å². The van der Waals surface area contributed by atoms with Gasteiger partial charge in [0.1, 0.15) is 0 Å². The van der Waals surface area contributed by atoms with Crippen LogP contribution in [0.3, 0.4) is 0 Å². The van der Waals surface area contributed by atoms with Crippen LogP contribution in [0.5, 0.6) is 0 Å². The quantitative estimate of drug-likeness (QED) is 0.783. The maximum Gasteiger partial charge on any atom is 0.253 e. The van der Waals surface area contributed by atoms with E-state index in [1.165, 1.54) is 4.90 Å². The Kier molecular flexibility index (Phi) is 6.19. The molecule has 2 aliphatic heterocycles. The summed E-state index contributed by atoms with van der Waals surface area (Å²) in [5, 5.41) is 0. The number of rotatable bonds is 4. The van der Waals surface area contributed by atoms with E-state index in [0.717, 1.165) is 57.8 Å². The number of carbonyl (C=O) groups is 1. The Morgan fingerprint density at radius 3 is 2.33 bits per heavy atom. The highest BCUT2D eigenvalue weighted by Crippen LogP contribution is 2.26. The zero-order valence-corrected chi connectivity index (χ0v) is 15.6. The molecule has 2 fully saturated rings. The van der Waals surface area contributed by atoms with Crippen molar-refractivity contribution in [1.82, 2.24) is 9.80 Å². The lowest BCUT2D eigenvalue weighted by atomic mass is 9.89. The molecule has 2 heterocycles. The van der Waals surface area contributed by atoms with E-state index >= 15 is 0 Å². The van der Waals surface area contributed by atoms with E-state index in [-0.39, 0.29) is 5.91 Å². The van der Waals surface area contributed by atoms with Crippen molar-refractivity contribution < 1.29 is 9.53 Å². The van der Waals surface area contributed by atoms with Crippen LogP contribution < -0.4 is 0 Å². The highest BCUT2D eigenvalue weighted by Gasteiger charge is 2.30. The Morgan fingerprint density at radius 2 is 1.75 bits per heavy atom. The third-order valence-electron chi connectivity index (χ3n) is 5.47. The van der Waals surface area contributed by atoms with Crippen LogP contribution in [0.4, 0.5) is 0 Å². The highest BCUT2D eigenvalue weighted by atomic mass is 32.2. The Bertz CT molecular complexity index is 535. The Morgan fingerprint density at radius 1 is 1.12 bits per heavy atom. The van der Waals surface area contributed by atoms with Crippen LogP contribution in [0.25, 0.3) is 0 Å². The highest BCUT2D eigenvalue weighted by molar-refractivity contribution is 7.98. The van der Waals surface area contributed by atoms with Crippen molar-refractivity contribution in [1.29, 1.82) is 0 Å². The van der Waals surface area contributed by atoms with Gasteiger partial charge in [-0.1, -0.05) is 0 Å². The molecule has 1 amide bonds. The summed E-state index contributed by atoms with van der Waals surface area (Å²) < 4.78 is 5.46. The number of amides is 1. The number of hydrogen-bond acceptors (Lipinski definition) is 4. The first kappa shape index (κ1) is 17.8. The van der Waals surface area contributed by atoms with Gasteiger partial charge in [0, 0.05) is 42.7 Å². The third kappa shape index (κ3) is 4.13. The molecule has 0 aromatic heterocycles. The van der Waals surface area contributed by atoms with E-state index in [2.05, 4.69) is 18.1 Å². The van der Waals surface area contributed by atoms with Crippen molar-refractivity contribution in [2.45, 2.75) is 30.7 Å². The van der Waals surface area contributed by atoms with Crippen molar-refractivity contribution in [2.75, 3.05) is 45.6 Å². The molecule has 132 valence electrons. The molecule has 3 rings (SSSR count). The lowest BCUT2D eigenvalue weighted by molar-refractivity contribution is -0.000951. The summed E-state index contributed by atoms with van der Waals surface area (Å²) in [6.45, 7) is 7.89. The molecule has 0 saturated carbocycles. The van der Waals surface area contributed by atoms with Gasteiger partial charge in [-0.25, -0.2) is 0 Å². The molecule has 1 aromatic carbocycles. The molecular formula is C19H28N2O2S. The fraction of sp³-hybridized carbons (Fsp3) is 0.632. The van der Waals surface area contributed by atoms with E-state index in [1.807, 2.05) is 29.2 Å². The molecule has 1 unspecified atom stereocenters. The molecule has 0 radical (unpaired) electrons. The van der Waals surface area contributed by atoms with E-state index in [9.17, 15) is 4.79 Å². The fourth-order valence-corrected chi connectivity index (χ4v) is 4.19. The zero-order chi connectivity index (χ0) is 16.9. The van der Waals surface area contributed by atoms with E-state index in [0.29, 0.717) is 12.0 Å². The normalized spacial score (nSPS) is 21.7. The second-order valence-corrected chi connectivity index (χ2v) is 7.63. The summed E-state index contributed by atoms with van der Waals surface area (Å²) in [5.41, 5.74) is 0.812. The first-order valence-corrected chi connectivity index (χ1v) is 10.2. The molecule has 0 bridgehead atoms. The van der Waals surface area contributed by atoms with Crippen LogP contribution in [0, 0.1) is 5.92 Å². The number of piperidine rings is 1. The summed E-state index contributed by atoms with van der Waals surface area (Å²) >= 11 is 1.70.